The van der Waals surface area contributed by atoms with Crippen molar-refractivity contribution in [3.05, 3.63) is 0 Å². The van der Waals surface area contributed by atoms with Gasteiger partial charge in [-0.25, -0.2) is 0 Å². The van der Waals surface area contributed by atoms with Crippen LogP contribution in [0.1, 0.15) is 86.5 Å². The maximum atomic E-state index is 12.2. The Balaban J connectivity index is 1.70. The second-order valence-electron chi connectivity index (χ2n) is 11.2. The summed E-state index contributed by atoms with van der Waals surface area (Å²) in [6.45, 7) is 13.1. The standard InChI is InChI=1S/C23H38O4/c1-14(2)23-13-10-16-15(18(23)26-20(3,4)27-23)8-9-17-21(16,5)11-7-12-22(17,6)19(24)25/h14-18H,7-13H2,1-6H3,(H,24,25)/t15-,16-,17+,18-,21+,22+,23-/m0/s1. The van der Waals surface area contributed by atoms with Crippen molar-refractivity contribution in [3.63, 3.8) is 0 Å². The lowest BCUT2D eigenvalue weighted by Gasteiger charge is -2.62. The van der Waals surface area contributed by atoms with Crippen LogP contribution in [0.25, 0.3) is 0 Å². The summed E-state index contributed by atoms with van der Waals surface area (Å²) in [5.41, 5.74) is -0.650. The molecule has 27 heavy (non-hydrogen) atoms. The average Bonchev–Trinajstić information content (AvgIpc) is 2.86. The van der Waals surface area contributed by atoms with Gasteiger partial charge in [0.25, 0.3) is 0 Å². The molecule has 0 radical (unpaired) electrons. The molecule has 0 bridgehead atoms. The van der Waals surface area contributed by atoms with Gasteiger partial charge in [0.15, 0.2) is 5.79 Å². The lowest BCUT2D eigenvalue weighted by molar-refractivity contribution is -0.188. The zero-order valence-corrected chi connectivity index (χ0v) is 18.0. The fourth-order valence-corrected chi connectivity index (χ4v) is 7.92. The van der Waals surface area contributed by atoms with Crippen LogP contribution in [0, 0.1) is 34.5 Å². The van der Waals surface area contributed by atoms with Gasteiger partial charge in [0.05, 0.1) is 11.5 Å². The van der Waals surface area contributed by atoms with E-state index in [2.05, 4.69) is 34.6 Å². The van der Waals surface area contributed by atoms with Crippen LogP contribution in [0.3, 0.4) is 0 Å². The third-order valence-corrected chi connectivity index (χ3v) is 9.16. The van der Waals surface area contributed by atoms with E-state index in [0.29, 0.717) is 17.8 Å². The predicted molar refractivity (Wildman–Crippen MR) is 104 cm³/mol. The highest BCUT2D eigenvalue weighted by Gasteiger charge is 2.67. The number of carbonyl (C=O) groups is 1. The molecule has 1 heterocycles. The first-order chi connectivity index (χ1) is 12.5. The number of hydrogen-bond acceptors (Lipinski definition) is 3. The molecule has 0 aromatic heterocycles. The highest BCUT2D eigenvalue weighted by Crippen LogP contribution is 2.67. The molecule has 1 aliphatic heterocycles. The van der Waals surface area contributed by atoms with Crippen molar-refractivity contribution in [2.24, 2.45) is 34.5 Å². The van der Waals surface area contributed by atoms with Gasteiger partial charge in [-0.2, -0.15) is 0 Å². The molecule has 4 aliphatic rings. The van der Waals surface area contributed by atoms with Crippen molar-refractivity contribution in [2.75, 3.05) is 0 Å². The molecule has 0 amide bonds. The van der Waals surface area contributed by atoms with E-state index in [9.17, 15) is 9.90 Å². The van der Waals surface area contributed by atoms with Crippen molar-refractivity contribution < 1.29 is 19.4 Å². The second kappa shape index (κ2) is 5.95. The summed E-state index contributed by atoms with van der Waals surface area (Å²) >= 11 is 0. The molecular weight excluding hydrogens is 340 g/mol. The molecule has 1 N–H and O–H groups in total. The van der Waals surface area contributed by atoms with E-state index < -0.39 is 17.2 Å². The Kier molecular flexibility index (Phi) is 4.34. The lowest BCUT2D eigenvalue weighted by atomic mass is 9.43. The Morgan fingerprint density at radius 1 is 1.04 bits per heavy atom. The van der Waals surface area contributed by atoms with Crippen LogP contribution in [-0.2, 0) is 14.3 Å². The Hall–Kier alpha value is -0.610. The van der Waals surface area contributed by atoms with Crippen molar-refractivity contribution in [3.8, 4) is 0 Å². The fourth-order valence-electron chi connectivity index (χ4n) is 7.92. The van der Waals surface area contributed by atoms with Gasteiger partial charge in [0, 0.05) is 0 Å². The Morgan fingerprint density at radius 3 is 2.37 bits per heavy atom. The molecular formula is C23H38O4. The van der Waals surface area contributed by atoms with Crippen LogP contribution in [0.2, 0.25) is 0 Å². The van der Waals surface area contributed by atoms with E-state index in [1.807, 2.05) is 6.92 Å². The van der Waals surface area contributed by atoms with Crippen molar-refractivity contribution in [2.45, 2.75) is 104 Å². The summed E-state index contributed by atoms with van der Waals surface area (Å²) in [6, 6.07) is 0. The average molecular weight is 379 g/mol. The lowest BCUT2D eigenvalue weighted by Crippen LogP contribution is -2.62. The van der Waals surface area contributed by atoms with Gasteiger partial charge in [-0.15, -0.1) is 0 Å². The van der Waals surface area contributed by atoms with E-state index in [0.717, 1.165) is 44.9 Å². The van der Waals surface area contributed by atoms with Crippen LogP contribution in [0.15, 0.2) is 0 Å². The Labute approximate surface area is 164 Å². The van der Waals surface area contributed by atoms with Gasteiger partial charge in [-0.05, 0) is 88.4 Å². The van der Waals surface area contributed by atoms with Crippen molar-refractivity contribution in [1.82, 2.24) is 0 Å². The fraction of sp³-hybridized carbons (Fsp3) is 0.957. The number of hydrogen-bond donors (Lipinski definition) is 1. The minimum Gasteiger partial charge on any atom is -0.481 e. The molecule has 4 rings (SSSR count). The molecule has 4 fully saturated rings. The van der Waals surface area contributed by atoms with E-state index in [-0.39, 0.29) is 23.0 Å². The van der Waals surface area contributed by atoms with Gasteiger partial charge in [0.1, 0.15) is 5.60 Å². The second-order valence-corrected chi connectivity index (χ2v) is 11.2. The molecule has 0 aromatic carbocycles. The van der Waals surface area contributed by atoms with Crippen LogP contribution in [0.5, 0.6) is 0 Å². The normalized spacial score (nSPS) is 51.4. The maximum absolute atomic E-state index is 12.2. The Bertz CT molecular complexity index is 628. The number of carboxylic acid groups (broad SMARTS) is 1. The van der Waals surface area contributed by atoms with E-state index in [1.54, 1.807) is 0 Å². The largest absolute Gasteiger partial charge is 0.481 e. The highest BCUT2D eigenvalue weighted by atomic mass is 16.8. The van der Waals surface area contributed by atoms with Crippen LogP contribution >= 0.6 is 0 Å². The zero-order chi connectivity index (χ0) is 19.8. The monoisotopic (exact) mass is 378 g/mol. The number of fused-ring (bicyclic) bond motifs is 5. The van der Waals surface area contributed by atoms with Gasteiger partial charge < -0.3 is 14.6 Å². The maximum Gasteiger partial charge on any atom is 0.309 e. The molecule has 1 saturated heterocycles. The molecule has 0 spiro atoms. The summed E-state index contributed by atoms with van der Waals surface area (Å²) in [6.07, 6.45) is 7.41. The SMILES string of the molecule is CC(C)[C@@]12CC[C@H]3[C@H](CC[C@@H]4[C@]3(C)CCC[C@@]4(C)C(=O)O)[C@@H]1OC(C)(C)O2. The smallest absolute Gasteiger partial charge is 0.309 e. The van der Waals surface area contributed by atoms with Crippen molar-refractivity contribution >= 4 is 5.97 Å². The van der Waals surface area contributed by atoms with E-state index in [4.69, 9.17) is 9.47 Å². The number of ether oxygens (including phenoxy) is 2. The summed E-state index contributed by atoms with van der Waals surface area (Å²) in [4.78, 5) is 12.2. The molecule has 4 nitrogen and oxygen atoms in total. The van der Waals surface area contributed by atoms with Crippen LogP contribution in [-0.4, -0.2) is 28.6 Å². The zero-order valence-electron chi connectivity index (χ0n) is 18.0. The third-order valence-electron chi connectivity index (χ3n) is 9.16. The summed E-state index contributed by atoms with van der Waals surface area (Å²) in [5.74, 6) is 0.616. The Morgan fingerprint density at radius 2 is 1.74 bits per heavy atom. The molecule has 0 aromatic rings. The summed E-state index contributed by atoms with van der Waals surface area (Å²) in [7, 11) is 0. The first-order valence-electron chi connectivity index (χ1n) is 11.1. The number of aliphatic carboxylic acids is 1. The summed E-state index contributed by atoms with van der Waals surface area (Å²) < 4.78 is 13.2. The quantitative estimate of drug-likeness (QED) is 0.713. The van der Waals surface area contributed by atoms with Crippen molar-refractivity contribution in [1.29, 1.82) is 0 Å². The van der Waals surface area contributed by atoms with Crippen LogP contribution < -0.4 is 0 Å². The predicted octanol–water partition coefficient (Wildman–Crippen LogP) is 5.25. The minimum atomic E-state index is -0.592. The van der Waals surface area contributed by atoms with Gasteiger partial charge in [0.2, 0.25) is 0 Å². The van der Waals surface area contributed by atoms with Gasteiger partial charge in [-0.1, -0.05) is 27.2 Å². The van der Waals surface area contributed by atoms with Gasteiger partial charge >= 0.3 is 5.97 Å². The molecule has 154 valence electrons. The first-order valence-corrected chi connectivity index (χ1v) is 11.1. The van der Waals surface area contributed by atoms with Crippen LogP contribution in [0.4, 0.5) is 0 Å². The minimum absolute atomic E-state index is 0.105. The highest BCUT2D eigenvalue weighted by molar-refractivity contribution is 5.75. The molecule has 3 aliphatic carbocycles. The van der Waals surface area contributed by atoms with E-state index in [1.165, 1.54) is 0 Å². The molecule has 7 atom stereocenters. The molecule has 3 saturated carbocycles. The first kappa shape index (κ1) is 19.7. The third kappa shape index (κ3) is 2.58. The summed E-state index contributed by atoms with van der Waals surface area (Å²) in [5, 5.41) is 10.0. The number of carboxylic acids is 1. The molecule has 0 unspecified atom stereocenters. The molecule has 4 heteroatoms. The topological polar surface area (TPSA) is 55.8 Å². The number of rotatable bonds is 2. The van der Waals surface area contributed by atoms with Gasteiger partial charge in [-0.3, -0.25) is 4.79 Å². The van der Waals surface area contributed by atoms with E-state index >= 15 is 0 Å².